The lowest BCUT2D eigenvalue weighted by molar-refractivity contribution is 0.0748. The maximum absolute atomic E-state index is 9.87. The molecule has 3 rings (SSSR count). The van der Waals surface area contributed by atoms with Crippen molar-refractivity contribution in [3.8, 4) is 0 Å². The van der Waals surface area contributed by atoms with Gasteiger partial charge in [0.1, 0.15) is 0 Å². The molecule has 1 aromatic carbocycles. The van der Waals surface area contributed by atoms with Crippen LogP contribution in [0, 0.1) is 3.57 Å². The number of aryl methyl sites for hydroxylation is 1. The van der Waals surface area contributed by atoms with E-state index in [1.807, 2.05) is 29.8 Å². The average molecular weight is 481 g/mol. The van der Waals surface area contributed by atoms with E-state index in [-0.39, 0.29) is 0 Å². The molecule has 0 bridgehead atoms. The molecule has 3 aromatic rings. The van der Waals surface area contributed by atoms with Crippen molar-refractivity contribution in [2.75, 3.05) is 22.9 Å². The fraction of sp³-hybridized carbons (Fsp3) is 0.389. The Bertz CT molecular complexity index is 949. The second-order valence-electron chi connectivity index (χ2n) is 7.11. The van der Waals surface area contributed by atoms with Crippen molar-refractivity contribution in [1.82, 2.24) is 19.5 Å². The van der Waals surface area contributed by atoms with Gasteiger partial charge in [-0.2, -0.15) is 9.97 Å². The number of aromatic nitrogens is 4. The highest BCUT2D eigenvalue weighted by molar-refractivity contribution is 14.1. The number of anilines is 3. The number of nitrogens with two attached hydrogens (primary N) is 1. The Hall–Kier alpha value is -2.14. The van der Waals surface area contributed by atoms with E-state index < -0.39 is 5.60 Å². The highest BCUT2D eigenvalue weighted by Crippen LogP contribution is 2.23. The predicted octanol–water partition coefficient (Wildman–Crippen LogP) is 2.74. The van der Waals surface area contributed by atoms with Crippen LogP contribution in [0.15, 0.2) is 24.5 Å². The third-order valence-corrected chi connectivity index (χ3v) is 4.80. The topological polar surface area (TPSA) is 114 Å². The largest absolute Gasteiger partial charge is 0.398 e. The van der Waals surface area contributed by atoms with Crippen molar-refractivity contribution in [1.29, 1.82) is 0 Å². The van der Waals surface area contributed by atoms with E-state index in [1.165, 1.54) is 0 Å². The van der Waals surface area contributed by atoms with E-state index in [2.05, 4.69) is 48.2 Å². The first-order chi connectivity index (χ1) is 12.7. The summed E-state index contributed by atoms with van der Waals surface area (Å²) in [4.78, 5) is 13.5. The molecule has 8 nitrogen and oxygen atoms in total. The van der Waals surface area contributed by atoms with Gasteiger partial charge in [0.05, 0.1) is 11.9 Å². The lowest BCUT2D eigenvalue weighted by Crippen LogP contribution is -2.23. The Kier molecular flexibility index (Phi) is 5.70. The van der Waals surface area contributed by atoms with Crippen molar-refractivity contribution in [3.63, 3.8) is 0 Å². The summed E-state index contributed by atoms with van der Waals surface area (Å²) >= 11 is 2.27. The number of imidazole rings is 1. The Morgan fingerprint density at radius 3 is 2.78 bits per heavy atom. The van der Waals surface area contributed by atoms with Crippen molar-refractivity contribution < 1.29 is 5.11 Å². The number of fused-ring (bicyclic) bond motifs is 1. The first-order valence-corrected chi connectivity index (χ1v) is 9.74. The van der Waals surface area contributed by atoms with Crippen LogP contribution >= 0.6 is 22.6 Å². The fourth-order valence-corrected chi connectivity index (χ4v) is 3.15. The summed E-state index contributed by atoms with van der Waals surface area (Å²) < 4.78 is 2.97. The number of aliphatic hydroxyl groups is 1. The van der Waals surface area contributed by atoms with E-state index in [9.17, 15) is 5.11 Å². The monoisotopic (exact) mass is 481 g/mol. The zero-order valence-electron chi connectivity index (χ0n) is 15.6. The Balaban J connectivity index is 1.83. The minimum Gasteiger partial charge on any atom is -0.398 e. The van der Waals surface area contributed by atoms with Crippen LogP contribution in [0.25, 0.3) is 11.2 Å². The molecule has 0 saturated carbocycles. The zero-order valence-corrected chi connectivity index (χ0v) is 17.8. The number of rotatable bonds is 7. The predicted molar refractivity (Wildman–Crippen MR) is 117 cm³/mol. The van der Waals surface area contributed by atoms with Gasteiger partial charge in [-0.15, -0.1) is 0 Å². The van der Waals surface area contributed by atoms with Crippen LogP contribution in [0.5, 0.6) is 0 Å². The van der Waals surface area contributed by atoms with Crippen molar-refractivity contribution in [2.24, 2.45) is 7.05 Å². The number of nitrogens with one attached hydrogen (secondary N) is 2. The maximum Gasteiger partial charge on any atom is 0.226 e. The van der Waals surface area contributed by atoms with Gasteiger partial charge in [-0.1, -0.05) is 0 Å². The van der Waals surface area contributed by atoms with E-state index in [4.69, 9.17) is 5.73 Å². The summed E-state index contributed by atoms with van der Waals surface area (Å²) in [5.74, 6) is 1.14. The van der Waals surface area contributed by atoms with E-state index in [1.54, 1.807) is 20.2 Å². The van der Waals surface area contributed by atoms with Crippen molar-refractivity contribution >= 4 is 51.2 Å². The van der Waals surface area contributed by atoms with Crippen LogP contribution in [-0.2, 0) is 13.6 Å². The van der Waals surface area contributed by atoms with Gasteiger partial charge in [0.15, 0.2) is 17.0 Å². The van der Waals surface area contributed by atoms with Crippen LogP contribution in [0.4, 0.5) is 17.5 Å². The van der Waals surface area contributed by atoms with Crippen molar-refractivity contribution in [3.05, 3.63) is 33.7 Å². The van der Waals surface area contributed by atoms with Crippen LogP contribution in [0.3, 0.4) is 0 Å². The summed E-state index contributed by atoms with van der Waals surface area (Å²) in [5.41, 5.74) is 8.50. The van der Waals surface area contributed by atoms with E-state index in [0.29, 0.717) is 36.8 Å². The van der Waals surface area contributed by atoms with Gasteiger partial charge in [-0.05, 0) is 66.6 Å². The summed E-state index contributed by atoms with van der Waals surface area (Å²) in [6, 6.07) is 5.92. The number of benzene rings is 1. The molecule has 0 unspecified atom stereocenters. The van der Waals surface area contributed by atoms with Gasteiger partial charge >= 0.3 is 0 Å². The quantitative estimate of drug-likeness (QED) is 0.303. The summed E-state index contributed by atoms with van der Waals surface area (Å²) in [6.45, 7) is 4.65. The van der Waals surface area contributed by atoms with Crippen molar-refractivity contribution in [2.45, 2.75) is 32.4 Å². The third kappa shape index (κ3) is 4.98. The minimum absolute atomic E-state index is 0.494. The Morgan fingerprint density at radius 2 is 2.04 bits per heavy atom. The van der Waals surface area contributed by atoms with Gasteiger partial charge in [0, 0.05) is 29.4 Å². The van der Waals surface area contributed by atoms with Crippen LogP contribution in [0.2, 0.25) is 0 Å². The van der Waals surface area contributed by atoms with E-state index in [0.717, 1.165) is 20.5 Å². The third-order valence-electron chi connectivity index (χ3n) is 4.13. The number of nitrogen functional groups attached to an aromatic ring is 1. The van der Waals surface area contributed by atoms with Gasteiger partial charge in [0.25, 0.3) is 0 Å². The number of hydrogen-bond acceptors (Lipinski definition) is 7. The molecule has 0 atom stereocenters. The molecule has 2 aromatic heterocycles. The van der Waals surface area contributed by atoms with Gasteiger partial charge in [0.2, 0.25) is 5.95 Å². The lowest BCUT2D eigenvalue weighted by atomic mass is 10.1. The fourth-order valence-electron chi connectivity index (χ4n) is 2.60. The highest BCUT2D eigenvalue weighted by atomic mass is 127. The lowest BCUT2D eigenvalue weighted by Gasteiger charge is -2.17. The molecule has 5 N–H and O–H groups in total. The average Bonchev–Trinajstić information content (AvgIpc) is 2.96. The Morgan fingerprint density at radius 1 is 1.26 bits per heavy atom. The molecule has 0 aliphatic heterocycles. The van der Waals surface area contributed by atoms with Crippen LogP contribution in [0.1, 0.15) is 25.8 Å². The van der Waals surface area contributed by atoms with Gasteiger partial charge in [-0.25, -0.2) is 4.98 Å². The molecule has 0 radical (unpaired) electrons. The second-order valence-corrected chi connectivity index (χ2v) is 8.36. The van der Waals surface area contributed by atoms with Crippen LogP contribution in [-0.4, -0.2) is 36.8 Å². The molecular formula is C18H24IN7O. The molecule has 0 aliphatic rings. The van der Waals surface area contributed by atoms with E-state index >= 15 is 0 Å². The molecule has 0 saturated heterocycles. The molecule has 0 spiro atoms. The first kappa shape index (κ1) is 19.6. The number of halogens is 1. The van der Waals surface area contributed by atoms with Gasteiger partial charge < -0.3 is 26.0 Å². The van der Waals surface area contributed by atoms with Gasteiger partial charge in [-0.3, -0.25) is 0 Å². The first-order valence-electron chi connectivity index (χ1n) is 8.66. The smallest absolute Gasteiger partial charge is 0.226 e. The summed E-state index contributed by atoms with van der Waals surface area (Å²) in [7, 11) is 1.89. The SMILES string of the molecule is Cn1cnc2c(NCc3cc(I)ccc3N)nc(NCCC(C)(C)O)nc21. The Labute approximate surface area is 171 Å². The summed E-state index contributed by atoms with van der Waals surface area (Å²) in [6.07, 6.45) is 2.30. The minimum atomic E-state index is -0.743. The maximum atomic E-state index is 9.87. The molecule has 0 aliphatic carbocycles. The summed E-state index contributed by atoms with van der Waals surface area (Å²) in [5, 5.41) is 16.4. The standard InChI is InChI=1S/C18H24IN7O/c1-18(2,27)6-7-21-17-24-15(14-16(25-17)26(3)10-23-14)22-9-11-8-12(19)4-5-13(11)20/h4-5,8,10,27H,6-7,9,20H2,1-3H3,(H2,21,22,24,25). The number of hydrogen-bond donors (Lipinski definition) is 4. The zero-order chi connectivity index (χ0) is 19.6. The molecule has 0 fully saturated rings. The molecular weight excluding hydrogens is 457 g/mol. The number of nitrogens with zero attached hydrogens (tertiary/aromatic N) is 4. The van der Waals surface area contributed by atoms with Crippen LogP contribution < -0.4 is 16.4 Å². The molecule has 144 valence electrons. The second kappa shape index (κ2) is 7.85. The normalized spacial score (nSPS) is 11.7. The highest BCUT2D eigenvalue weighted by Gasteiger charge is 2.15. The molecule has 0 amide bonds. The molecule has 2 heterocycles. The molecule has 27 heavy (non-hydrogen) atoms. The molecule has 9 heteroatoms.